The molecule has 0 saturated carbocycles. The number of rotatable bonds is 8. The van der Waals surface area contributed by atoms with Crippen molar-refractivity contribution in [3.05, 3.63) is 75.3 Å². The van der Waals surface area contributed by atoms with Crippen LogP contribution in [0.25, 0.3) is 0 Å². The summed E-state index contributed by atoms with van der Waals surface area (Å²) in [7, 11) is 0. The average molecular weight is 399 g/mol. The first-order valence-electron chi connectivity index (χ1n) is 8.31. The van der Waals surface area contributed by atoms with Gasteiger partial charge in [0.25, 0.3) is 0 Å². The smallest absolute Gasteiger partial charge is 0.344 e. The number of nitro benzene ring substituents is 1. The standard InChI is InChI=1S/C19H17N3O5S/c1-13-6-8-14(9-7-13)20-19-21-15(12-28-19)10-27-18(23)11-26-17-5-3-2-4-16(17)22(24)25/h2-9,12H,10-11H2,1H3,(H,20,21). The number of aryl methyl sites for hydroxylation is 1. The van der Waals surface area contributed by atoms with Gasteiger partial charge in [0.1, 0.15) is 6.61 Å². The van der Waals surface area contributed by atoms with E-state index in [-0.39, 0.29) is 18.0 Å². The molecule has 0 atom stereocenters. The number of ether oxygens (including phenoxy) is 2. The molecule has 0 spiro atoms. The monoisotopic (exact) mass is 399 g/mol. The number of nitrogens with one attached hydrogen (secondary N) is 1. The van der Waals surface area contributed by atoms with E-state index in [0.717, 1.165) is 5.69 Å². The summed E-state index contributed by atoms with van der Waals surface area (Å²) < 4.78 is 10.3. The Morgan fingerprint density at radius 3 is 2.71 bits per heavy atom. The number of aromatic nitrogens is 1. The second kappa shape index (κ2) is 8.96. The van der Waals surface area contributed by atoms with Gasteiger partial charge in [0.2, 0.25) is 0 Å². The molecule has 0 unspecified atom stereocenters. The zero-order valence-electron chi connectivity index (χ0n) is 15.0. The van der Waals surface area contributed by atoms with Crippen molar-refractivity contribution >= 4 is 33.8 Å². The van der Waals surface area contributed by atoms with E-state index in [0.29, 0.717) is 10.8 Å². The van der Waals surface area contributed by atoms with E-state index < -0.39 is 17.5 Å². The molecule has 9 heteroatoms. The van der Waals surface area contributed by atoms with Crippen LogP contribution in [0.15, 0.2) is 53.9 Å². The van der Waals surface area contributed by atoms with Gasteiger partial charge in [0.15, 0.2) is 17.5 Å². The molecule has 0 fully saturated rings. The molecule has 28 heavy (non-hydrogen) atoms. The minimum absolute atomic E-state index is 0.00878. The Labute approximate surface area is 164 Å². The van der Waals surface area contributed by atoms with E-state index in [9.17, 15) is 14.9 Å². The van der Waals surface area contributed by atoms with Crippen LogP contribution < -0.4 is 10.1 Å². The summed E-state index contributed by atoms with van der Waals surface area (Å²) in [6, 6.07) is 13.7. The first-order chi connectivity index (χ1) is 13.5. The largest absolute Gasteiger partial charge is 0.475 e. The summed E-state index contributed by atoms with van der Waals surface area (Å²) in [5.41, 5.74) is 2.47. The SMILES string of the molecule is Cc1ccc(Nc2nc(COC(=O)COc3ccccc3[N+](=O)[O-])cs2)cc1. The van der Waals surface area contributed by atoms with Crippen molar-refractivity contribution in [2.24, 2.45) is 0 Å². The number of para-hydroxylation sites is 2. The molecule has 3 aromatic rings. The fourth-order valence-corrected chi connectivity index (χ4v) is 2.97. The van der Waals surface area contributed by atoms with Gasteiger partial charge in [-0.3, -0.25) is 10.1 Å². The lowest BCUT2D eigenvalue weighted by molar-refractivity contribution is -0.385. The molecule has 1 N–H and O–H groups in total. The molecule has 0 aliphatic carbocycles. The second-order valence-corrected chi connectivity index (χ2v) is 6.67. The van der Waals surface area contributed by atoms with Crippen molar-refractivity contribution in [1.82, 2.24) is 4.98 Å². The van der Waals surface area contributed by atoms with Gasteiger partial charge in [0.05, 0.1) is 10.6 Å². The quantitative estimate of drug-likeness (QED) is 0.343. The molecule has 0 bridgehead atoms. The second-order valence-electron chi connectivity index (χ2n) is 5.81. The zero-order chi connectivity index (χ0) is 19.9. The summed E-state index contributed by atoms with van der Waals surface area (Å²) in [4.78, 5) is 26.6. The van der Waals surface area contributed by atoms with Crippen LogP contribution >= 0.6 is 11.3 Å². The van der Waals surface area contributed by atoms with Gasteiger partial charge in [-0.25, -0.2) is 9.78 Å². The molecule has 0 aliphatic rings. The molecule has 1 aromatic heterocycles. The number of nitrogens with zero attached hydrogens (tertiary/aromatic N) is 2. The van der Waals surface area contributed by atoms with Crippen LogP contribution in [-0.2, 0) is 16.1 Å². The molecule has 144 valence electrons. The molecule has 0 aliphatic heterocycles. The predicted octanol–water partition coefficient (Wildman–Crippen LogP) is 4.23. The molecule has 0 amide bonds. The van der Waals surface area contributed by atoms with Crippen LogP contribution in [0, 0.1) is 17.0 Å². The van der Waals surface area contributed by atoms with Crippen molar-refractivity contribution < 1.29 is 19.2 Å². The summed E-state index contributed by atoms with van der Waals surface area (Å²) in [6.07, 6.45) is 0. The van der Waals surface area contributed by atoms with E-state index in [4.69, 9.17) is 9.47 Å². The van der Waals surface area contributed by atoms with Crippen LogP contribution in [-0.4, -0.2) is 22.5 Å². The number of carbonyl (C=O) groups excluding carboxylic acids is 1. The number of thiazole rings is 1. The van der Waals surface area contributed by atoms with Crippen LogP contribution in [0.4, 0.5) is 16.5 Å². The maximum Gasteiger partial charge on any atom is 0.344 e. The maximum absolute atomic E-state index is 11.8. The highest BCUT2D eigenvalue weighted by molar-refractivity contribution is 7.13. The number of anilines is 2. The third-order valence-electron chi connectivity index (χ3n) is 3.64. The van der Waals surface area contributed by atoms with Crippen LogP contribution in [0.3, 0.4) is 0 Å². The lowest BCUT2D eigenvalue weighted by Crippen LogP contribution is -2.15. The zero-order valence-corrected chi connectivity index (χ0v) is 15.8. The highest BCUT2D eigenvalue weighted by Crippen LogP contribution is 2.26. The van der Waals surface area contributed by atoms with Crippen LogP contribution in [0.5, 0.6) is 5.75 Å². The number of carbonyl (C=O) groups is 1. The Morgan fingerprint density at radius 2 is 1.96 bits per heavy atom. The van der Waals surface area contributed by atoms with Gasteiger partial charge in [-0.15, -0.1) is 11.3 Å². The molecule has 0 saturated heterocycles. The number of esters is 1. The fourth-order valence-electron chi connectivity index (χ4n) is 2.25. The Hall–Kier alpha value is -3.46. The Kier molecular flexibility index (Phi) is 6.18. The van der Waals surface area contributed by atoms with E-state index in [1.165, 1.54) is 35.1 Å². The van der Waals surface area contributed by atoms with E-state index in [2.05, 4.69) is 10.3 Å². The minimum atomic E-state index is -0.640. The maximum atomic E-state index is 11.8. The normalized spacial score (nSPS) is 10.3. The molecule has 3 rings (SSSR count). The summed E-state index contributed by atoms with van der Waals surface area (Å²) in [5, 5.41) is 16.6. The van der Waals surface area contributed by atoms with Crippen molar-refractivity contribution in [2.45, 2.75) is 13.5 Å². The van der Waals surface area contributed by atoms with Gasteiger partial charge in [-0.05, 0) is 25.1 Å². The van der Waals surface area contributed by atoms with Crippen LogP contribution in [0.2, 0.25) is 0 Å². The van der Waals surface area contributed by atoms with E-state index >= 15 is 0 Å². The number of benzene rings is 2. The number of nitro groups is 1. The third-order valence-corrected chi connectivity index (χ3v) is 4.45. The molecule has 8 nitrogen and oxygen atoms in total. The Bertz CT molecular complexity index is 972. The van der Waals surface area contributed by atoms with Crippen molar-refractivity contribution in [3.8, 4) is 5.75 Å². The topological polar surface area (TPSA) is 104 Å². The van der Waals surface area contributed by atoms with Crippen LogP contribution in [0.1, 0.15) is 11.3 Å². The van der Waals surface area contributed by atoms with Crippen molar-refractivity contribution in [2.75, 3.05) is 11.9 Å². The first-order valence-corrected chi connectivity index (χ1v) is 9.19. The highest BCUT2D eigenvalue weighted by atomic mass is 32.1. The fraction of sp³-hybridized carbons (Fsp3) is 0.158. The Morgan fingerprint density at radius 1 is 1.21 bits per heavy atom. The van der Waals surface area contributed by atoms with Gasteiger partial charge in [0, 0.05) is 17.1 Å². The average Bonchev–Trinajstić information content (AvgIpc) is 3.14. The summed E-state index contributed by atoms with van der Waals surface area (Å²) in [6.45, 7) is 1.58. The van der Waals surface area contributed by atoms with Gasteiger partial charge in [-0.2, -0.15) is 0 Å². The van der Waals surface area contributed by atoms with Gasteiger partial charge in [-0.1, -0.05) is 29.8 Å². The summed E-state index contributed by atoms with van der Waals surface area (Å²) in [5.74, 6) is -0.623. The van der Waals surface area contributed by atoms with Gasteiger partial charge >= 0.3 is 11.7 Å². The molecular weight excluding hydrogens is 382 g/mol. The molecule has 1 heterocycles. The first kappa shape index (κ1) is 19.3. The molecular formula is C19H17N3O5S. The number of hydrogen-bond donors (Lipinski definition) is 1. The van der Waals surface area contributed by atoms with E-state index in [1.54, 1.807) is 11.4 Å². The highest BCUT2D eigenvalue weighted by Gasteiger charge is 2.15. The van der Waals surface area contributed by atoms with E-state index in [1.807, 2.05) is 31.2 Å². The predicted molar refractivity (Wildman–Crippen MR) is 105 cm³/mol. The van der Waals surface area contributed by atoms with Gasteiger partial charge < -0.3 is 14.8 Å². The molecule has 0 radical (unpaired) electrons. The third kappa shape index (κ3) is 5.27. The van der Waals surface area contributed by atoms with Crippen molar-refractivity contribution in [1.29, 1.82) is 0 Å². The lowest BCUT2D eigenvalue weighted by atomic mass is 10.2. The minimum Gasteiger partial charge on any atom is -0.475 e. The molecule has 2 aromatic carbocycles. The lowest BCUT2D eigenvalue weighted by Gasteiger charge is -2.06. The number of hydrogen-bond acceptors (Lipinski definition) is 8. The Balaban J connectivity index is 1.48. The summed E-state index contributed by atoms with van der Waals surface area (Å²) >= 11 is 1.40. The van der Waals surface area contributed by atoms with Crippen molar-refractivity contribution in [3.63, 3.8) is 0 Å².